The van der Waals surface area contributed by atoms with Crippen LogP contribution in [0.1, 0.15) is 49.4 Å². The van der Waals surface area contributed by atoms with E-state index in [1.165, 1.54) is 6.20 Å². The standard InChI is InChI=1S/C26H29ClN4O4S/c1-5-12-34-24-18(15-28)13-20(14-22(24)27)26(2,3)19-6-8-21(9-7-19)35-16-17-10-11-30-25(23(17)29)31-36(4,32)33/h6-11,13-14H,5,12,16,29H2,1-4H3,(H,30,31). The molecule has 0 atom stereocenters. The second kappa shape index (κ2) is 11.1. The number of nitrogens with two attached hydrogens (primary N) is 1. The monoisotopic (exact) mass is 528 g/mol. The molecule has 3 aromatic rings. The molecule has 190 valence electrons. The number of nitrogen functional groups attached to an aromatic ring is 1. The molecule has 1 heterocycles. The number of pyridine rings is 1. The van der Waals surface area contributed by atoms with Crippen LogP contribution in [0.25, 0.3) is 0 Å². The van der Waals surface area contributed by atoms with Gasteiger partial charge in [0.05, 0.1) is 29.1 Å². The van der Waals surface area contributed by atoms with Gasteiger partial charge >= 0.3 is 0 Å². The van der Waals surface area contributed by atoms with Crippen molar-refractivity contribution in [2.45, 2.75) is 39.2 Å². The van der Waals surface area contributed by atoms with Crippen LogP contribution in [0.3, 0.4) is 0 Å². The van der Waals surface area contributed by atoms with Gasteiger partial charge in [0.25, 0.3) is 0 Å². The minimum Gasteiger partial charge on any atom is -0.491 e. The highest BCUT2D eigenvalue weighted by Gasteiger charge is 2.26. The number of benzene rings is 2. The Hall–Kier alpha value is -3.48. The van der Waals surface area contributed by atoms with Crippen LogP contribution in [-0.2, 0) is 22.0 Å². The second-order valence-corrected chi connectivity index (χ2v) is 11.0. The molecule has 0 amide bonds. The number of sulfonamides is 1. The molecular weight excluding hydrogens is 500 g/mol. The number of rotatable bonds is 10. The van der Waals surface area contributed by atoms with Crippen molar-refractivity contribution in [1.29, 1.82) is 5.26 Å². The Balaban J connectivity index is 1.78. The van der Waals surface area contributed by atoms with Crippen LogP contribution >= 0.6 is 11.6 Å². The highest BCUT2D eigenvalue weighted by atomic mass is 35.5. The number of nitrogens with zero attached hydrogens (tertiary/aromatic N) is 2. The minimum atomic E-state index is -3.51. The molecule has 0 spiro atoms. The number of aromatic nitrogens is 1. The molecule has 0 fully saturated rings. The summed E-state index contributed by atoms with van der Waals surface area (Å²) in [5.74, 6) is 1.09. The quantitative estimate of drug-likeness (QED) is 0.367. The molecule has 0 aliphatic carbocycles. The molecule has 0 radical (unpaired) electrons. The van der Waals surface area contributed by atoms with Crippen molar-refractivity contribution in [3.63, 3.8) is 0 Å². The van der Waals surface area contributed by atoms with Gasteiger partial charge in [0.2, 0.25) is 10.0 Å². The van der Waals surface area contributed by atoms with Crippen molar-refractivity contribution < 1.29 is 17.9 Å². The predicted octanol–water partition coefficient (Wildman–Crippen LogP) is 5.25. The SMILES string of the molecule is CCCOc1c(Cl)cc(C(C)(C)c2ccc(OCc3ccnc(NS(C)(=O)=O)c3N)cc2)cc1C#N. The molecular formula is C26H29ClN4O4S. The molecule has 1 aromatic heterocycles. The Morgan fingerprint density at radius 1 is 1.14 bits per heavy atom. The van der Waals surface area contributed by atoms with E-state index in [0.29, 0.717) is 34.3 Å². The Labute approximate surface area is 217 Å². The maximum absolute atomic E-state index is 11.5. The summed E-state index contributed by atoms with van der Waals surface area (Å²) in [5, 5.41) is 10.0. The van der Waals surface area contributed by atoms with Gasteiger partial charge in [-0.2, -0.15) is 5.26 Å². The van der Waals surface area contributed by atoms with Gasteiger partial charge < -0.3 is 15.2 Å². The van der Waals surface area contributed by atoms with Gasteiger partial charge in [-0.1, -0.05) is 44.5 Å². The lowest BCUT2D eigenvalue weighted by Gasteiger charge is -2.27. The third-order valence-corrected chi connectivity index (χ3v) is 6.51. The van der Waals surface area contributed by atoms with Gasteiger partial charge in [-0.25, -0.2) is 13.4 Å². The molecule has 8 nitrogen and oxygen atoms in total. The molecule has 10 heteroatoms. The largest absolute Gasteiger partial charge is 0.491 e. The van der Waals surface area contributed by atoms with Crippen LogP contribution in [0, 0.1) is 11.3 Å². The number of ether oxygens (including phenoxy) is 2. The summed E-state index contributed by atoms with van der Waals surface area (Å²) in [5.41, 5.74) is 8.71. The number of hydrogen-bond acceptors (Lipinski definition) is 7. The molecule has 2 aromatic carbocycles. The van der Waals surface area contributed by atoms with Gasteiger partial charge in [-0.3, -0.25) is 4.72 Å². The molecule has 3 rings (SSSR count). The molecule has 0 unspecified atom stereocenters. The zero-order valence-electron chi connectivity index (χ0n) is 20.6. The van der Waals surface area contributed by atoms with E-state index in [1.54, 1.807) is 6.07 Å². The minimum absolute atomic E-state index is 0.0669. The topological polar surface area (TPSA) is 127 Å². The van der Waals surface area contributed by atoms with Crippen LogP contribution < -0.4 is 19.9 Å². The average Bonchev–Trinajstić information content (AvgIpc) is 2.82. The molecule has 0 saturated heterocycles. The summed E-state index contributed by atoms with van der Waals surface area (Å²) in [4.78, 5) is 3.98. The fraction of sp³-hybridized carbons (Fsp3) is 0.308. The van der Waals surface area contributed by atoms with Crippen molar-refractivity contribution in [2.24, 2.45) is 0 Å². The molecule has 0 saturated carbocycles. The number of halogens is 1. The maximum Gasteiger partial charge on any atom is 0.231 e. The van der Waals surface area contributed by atoms with E-state index in [2.05, 4.69) is 29.6 Å². The lowest BCUT2D eigenvalue weighted by Crippen LogP contribution is -2.19. The predicted molar refractivity (Wildman–Crippen MR) is 142 cm³/mol. The van der Waals surface area contributed by atoms with Crippen LogP contribution in [0.2, 0.25) is 5.02 Å². The fourth-order valence-electron chi connectivity index (χ4n) is 3.58. The van der Waals surface area contributed by atoms with Gasteiger partial charge in [0.1, 0.15) is 18.4 Å². The van der Waals surface area contributed by atoms with Crippen molar-refractivity contribution >= 4 is 33.1 Å². The van der Waals surface area contributed by atoms with Crippen LogP contribution in [0.15, 0.2) is 48.7 Å². The summed E-state index contributed by atoms with van der Waals surface area (Å²) in [6, 6.07) is 15.1. The normalized spacial score (nSPS) is 11.6. The zero-order valence-corrected chi connectivity index (χ0v) is 22.2. The first-order valence-electron chi connectivity index (χ1n) is 11.3. The van der Waals surface area contributed by atoms with E-state index >= 15 is 0 Å². The van der Waals surface area contributed by atoms with Gasteiger partial charge in [-0.15, -0.1) is 0 Å². The molecule has 0 bridgehead atoms. The van der Waals surface area contributed by atoms with E-state index in [9.17, 15) is 13.7 Å². The Morgan fingerprint density at radius 2 is 1.83 bits per heavy atom. The van der Waals surface area contributed by atoms with E-state index in [0.717, 1.165) is 23.8 Å². The zero-order chi connectivity index (χ0) is 26.5. The molecule has 3 N–H and O–H groups in total. The number of hydrogen-bond donors (Lipinski definition) is 2. The molecule has 0 aliphatic heterocycles. The van der Waals surface area contributed by atoms with Crippen molar-refractivity contribution in [3.8, 4) is 17.6 Å². The average molecular weight is 529 g/mol. The fourth-order valence-corrected chi connectivity index (χ4v) is 4.37. The Kier molecular flexibility index (Phi) is 8.33. The van der Waals surface area contributed by atoms with Crippen LogP contribution in [0.5, 0.6) is 11.5 Å². The van der Waals surface area contributed by atoms with E-state index < -0.39 is 15.4 Å². The summed E-state index contributed by atoms with van der Waals surface area (Å²) in [6.07, 6.45) is 3.31. The lowest BCUT2D eigenvalue weighted by atomic mass is 9.77. The Morgan fingerprint density at radius 3 is 2.44 bits per heavy atom. The van der Waals surface area contributed by atoms with Crippen molar-refractivity contribution in [3.05, 3.63) is 75.9 Å². The second-order valence-electron chi connectivity index (χ2n) is 8.84. The summed E-state index contributed by atoms with van der Waals surface area (Å²) >= 11 is 6.48. The van der Waals surface area contributed by atoms with Crippen LogP contribution in [0.4, 0.5) is 11.5 Å². The number of nitrogens with one attached hydrogen (secondary N) is 1. The Bertz CT molecular complexity index is 1380. The van der Waals surface area contributed by atoms with Crippen molar-refractivity contribution in [1.82, 2.24) is 4.98 Å². The summed E-state index contributed by atoms with van der Waals surface area (Å²) in [7, 11) is -3.51. The van der Waals surface area contributed by atoms with E-state index in [1.807, 2.05) is 43.3 Å². The number of anilines is 2. The van der Waals surface area contributed by atoms with Crippen molar-refractivity contribution in [2.75, 3.05) is 23.3 Å². The summed E-state index contributed by atoms with van der Waals surface area (Å²) < 4.78 is 36.9. The van der Waals surface area contributed by atoms with E-state index in [-0.39, 0.29) is 18.1 Å². The van der Waals surface area contributed by atoms with E-state index in [4.69, 9.17) is 26.8 Å². The molecule has 0 aliphatic rings. The first kappa shape index (κ1) is 27.1. The van der Waals surface area contributed by atoms with Crippen LogP contribution in [-0.4, -0.2) is 26.3 Å². The lowest BCUT2D eigenvalue weighted by molar-refractivity contribution is 0.306. The highest BCUT2D eigenvalue weighted by molar-refractivity contribution is 7.92. The first-order chi connectivity index (χ1) is 17.0. The first-order valence-corrected chi connectivity index (χ1v) is 13.5. The third-order valence-electron chi connectivity index (χ3n) is 5.67. The van der Waals surface area contributed by atoms with Gasteiger partial charge in [-0.05, 0) is 47.9 Å². The van der Waals surface area contributed by atoms with Gasteiger partial charge in [0.15, 0.2) is 11.6 Å². The third kappa shape index (κ3) is 6.39. The maximum atomic E-state index is 11.5. The van der Waals surface area contributed by atoms with Gasteiger partial charge in [0, 0.05) is 17.2 Å². The molecule has 36 heavy (non-hydrogen) atoms. The smallest absolute Gasteiger partial charge is 0.231 e. The highest BCUT2D eigenvalue weighted by Crippen LogP contribution is 2.38. The summed E-state index contributed by atoms with van der Waals surface area (Å²) in [6.45, 7) is 6.71. The number of nitriles is 1.